The Kier molecular flexibility index (Phi) is 7.58. The van der Waals surface area contributed by atoms with Gasteiger partial charge in [-0.25, -0.2) is 4.79 Å². The van der Waals surface area contributed by atoms with Crippen LogP contribution >= 0.6 is 0 Å². The summed E-state index contributed by atoms with van der Waals surface area (Å²) in [4.78, 5) is 39.5. The number of ether oxygens (including phenoxy) is 3. The highest BCUT2D eigenvalue weighted by molar-refractivity contribution is 6.12. The minimum atomic E-state index is -0.933. The van der Waals surface area contributed by atoms with Gasteiger partial charge in [0.2, 0.25) is 0 Å². The highest BCUT2D eigenvalue weighted by Gasteiger charge is 2.47. The van der Waals surface area contributed by atoms with Gasteiger partial charge in [0.1, 0.15) is 18.3 Å². The molecule has 2 aliphatic rings. The Balaban J connectivity index is 1.77. The number of ketones is 1. The zero-order valence-electron chi connectivity index (χ0n) is 21.0. The molecule has 0 saturated heterocycles. The SMILES string of the molecule is CCOC(=O)C1=C(C)NC2=C(C(=O)[C@H](C(=O)OC)[C@@H](C)C2)[C@@H]1c1cccc(OCc2ccccc2)c1. The quantitative estimate of drug-likeness (QED) is 0.454. The first-order valence-corrected chi connectivity index (χ1v) is 12.1. The number of hydrogen-bond acceptors (Lipinski definition) is 7. The van der Waals surface area contributed by atoms with Gasteiger partial charge in [-0.3, -0.25) is 9.59 Å². The van der Waals surface area contributed by atoms with Crippen LogP contribution in [0.3, 0.4) is 0 Å². The molecule has 0 fully saturated rings. The minimum absolute atomic E-state index is 0.199. The Bertz CT molecular complexity index is 1230. The number of Topliss-reactive ketones (excluding diaryl/α,β-unsaturated/α-hetero) is 1. The van der Waals surface area contributed by atoms with Crippen molar-refractivity contribution in [3.05, 3.63) is 88.3 Å². The van der Waals surface area contributed by atoms with Crippen LogP contribution in [0.25, 0.3) is 0 Å². The van der Waals surface area contributed by atoms with E-state index in [0.29, 0.717) is 41.2 Å². The second-order valence-electron chi connectivity index (χ2n) is 9.10. The van der Waals surface area contributed by atoms with Gasteiger partial charge in [-0.05, 0) is 49.4 Å². The fourth-order valence-electron chi connectivity index (χ4n) is 5.02. The lowest BCUT2D eigenvalue weighted by Crippen LogP contribution is -2.43. The fraction of sp³-hybridized carbons (Fsp3) is 0.345. The number of hydrogen-bond donors (Lipinski definition) is 1. The third-order valence-electron chi connectivity index (χ3n) is 6.68. The molecule has 7 heteroatoms. The molecule has 188 valence electrons. The molecule has 1 N–H and O–H groups in total. The summed E-state index contributed by atoms with van der Waals surface area (Å²) in [7, 11) is 1.28. The molecule has 0 radical (unpaired) electrons. The zero-order chi connectivity index (χ0) is 25.8. The number of rotatable bonds is 7. The van der Waals surface area contributed by atoms with Crippen molar-refractivity contribution in [1.29, 1.82) is 0 Å². The Labute approximate surface area is 211 Å². The first-order chi connectivity index (χ1) is 17.3. The molecule has 0 unspecified atom stereocenters. The van der Waals surface area contributed by atoms with E-state index in [1.54, 1.807) is 13.8 Å². The van der Waals surface area contributed by atoms with E-state index in [-0.39, 0.29) is 18.3 Å². The van der Waals surface area contributed by atoms with Crippen molar-refractivity contribution < 1.29 is 28.6 Å². The van der Waals surface area contributed by atoms with Crippen molar-refractivity contribution in [2.24, 2.45) is 11.8 Å². The molecular formula is C29H31NO6. The Hall–Kier alpha value is -3.87. The Morgan fingerprint density at radius 1 is 1.08 bits per heavy atom. The molecule has 0 aromatic heterocycles. The van der Waals surface area contributed by atoms with Crippen LogP contribution in [-0.2, 0) is 30.5 Å². The average Bonchev–Trinajstić information content (AvgIpc) is 2.87. The van der Waals surface area contributed by atoms with Gasteiger partial charge in [0.25, 0.3) is 0 Å². The largest absolute Gasteiger partial charge is 0.489 e. The molecule has 0 bridgehead atoms. The lowest BCUT2D eigenvalue weighted by molar-refractivity contribution is -0.151. The number of esters is 2. The average molecular weight is 490 g/mol. The van der Waals surface area contributed by atoms with Crippen LogP contribution in [0.2, 0.25) is 0 Å². The molecule has 1 heterocycles. The third kappa shape index (κ3) is 4.91. The number of dihydropyridines is 1. The van der Waals surface area contributed by atoms with Crippen LogP contribution in [0.1, 0.15) is 44.2 Å². The maximum Gasteiger partial charge on any atom is 0.336 e. The van der Waals surface area contributed by atoms with Gasteiger partial charge in [-0.1, -0.05) is 49.4 Å². The predicted molar refractivity (Wildman–Crippen MR) is 134 cm³/mol. The summed E-state index contributed by atoms with van der Waals surface area (Å²) in [6, 6.07) is 17.2. The monoisotopic (exact) mass is 489 g/mol. The van der Waals surface area contributed by atoms with E-state index in [0.717, 1.165) is 11.3 Å². The number of nitrogens with one attached hydrogen (secondary N) is 1. The minimum Gasteiger partial charge on any atom is -0.489 e. The molecule has 1 aliphatic heterocycles. The van der Waals surface area contributed by atoms with E-state index in [2.05, 4.69) is 5.32 Å². The first kappa shape index (κ1) is 25.2. The van der Waals surface area contributed by atoms with Gasteiger partial charge in [-0.15, -0.1) is 0 Å². The topological polar surface area (TPSA) is 90.9 Å². The second-order valence-corrected chi connectivity index (χ2v) is 9.10. The van der Waals surface area contributed by atoms with Crippen LogP contribution in [-0.4, -0.2) is 31.4 Å². The number of benzene rings is 2. The molecule has 36 heavy (non-hydrogen) atoms. The Morgan fingerprint density at radius 2 is 1.83 bits per heavy atom. The van der Waals surface area contributed by atoms with Crippen LogP contribution in [0.5, 0.6) is 5.75 Å². The van der Waals surface area contributed by atoms with E-state index in [1.807, 2.05) is 61.5 Å². The number of carbonyl (C=O) groups is 3. The molecule has 4 rings (SSSR count). The van der Waals surface area contributed by atoms with Gasteiger partial charge < -0.3 is 19.5 Å². The molecule has 1 aliphatic carbocycles. The second kappa shape index (κ2) is 10.8. The maximum atomic E-state index is 13.8. The van der Waals surface area contributed by atoms with Gasteiger partial charge in [0.05, 0.1) is 19.3 Å². The van der Waals surface area contributed by atoms with Crippen LogP contribution < -0.4 is 10.1 Å². The highest BCUT2D eigenvalue weighted by atomic mass is 16.5. The van der Waals surface area contributed by atoms with Crippen LogP contribution in [0.15, 0.2) is 77.1 Å². The summed E-state index contributed by atoms with van der Waals surface area (Å²) < 4.78 is 16.4. The zero-order valence-corrected chi connectivity index (χ0v) is 21.0. The van der Waals surface area contributed by atoms with Gasteiger partial charge in [0, 0.05) is 22.9 Å². The highest BCUT2D eigenvalue weighted by Crippen LogP contribution is 2.46. The van der Waals surface area contributed by atoms with E-state index in [4.69, 9.17) is 14.2 Å². The molecule has 2 aromatic rings. The molecule has 0 spiro atoms. The standard InChI is InChI=1S/C29H31NO6/c1-5-35-29(33)24-18(3)30-22-14-17(2)23(28(32)34-4)27(31)26(22)25(24)20-12-9-13-21(15-20)36-16-19-10-7-6-8-11-19/h6-13,15,17,23,25,30H,5,14,16H2,1-4H3/t17-,23+,25+/m0/s1. The number of carbonyl (C=O) groups excluding carboxylic acids is 3. The fourth-order valence-corrected chi connectivity index (χ4v) is 5.02. The summed E-state index contributed by atoms with van der Waals surface area (Å²) in [6.07, 6.45) is 0.481. The summed E-state index contributed by atoms with van der Waals surface area (Å²) in [5.74, 6) is -2.67. The molecular weight excluding hydrogens is 458 g/mol. The van der Waals surface area contributed by atoms with E-state index < -0.39 is 23.8 Å². The van der Waals surface area contributed by atoms with Crippen molar-refractivity contribution in [3.8, 4) is 5.75 Å². The van der Waals surface area contributed by atoms with Crippen LogP contribution in [0.4, 0.5) is 0 Å². The van der Waals surface area contributed by atoms with Crippen molar-refractivity contribution in [3.63, 3.8) is 0 Å². The lowest BCUT2D eigenvalue weighted by atomic mass is 9.69. The van der Waals surface area contributed by atoms with Crippen molar-refractivity contribution in [2.45, 2.75) is 39.7 Å². The molecule has 0 saturated carbocycles. The molecule has 0 amide bonds. The van der Waals surface area contributed by atoms with Crippen molar-refractivity contribution in [2.75, 3.05) is 13.7 Å². The summed E-state index contributed by atoms with van der Waals surface area (Å²) >= 11 is 0. The van der Waals surface area contributed by atoms with E-state index in [1.165, 1.54) is 7.11 Å². The van der Waals surface area contributed by atoms with Crippen LogP contribution in [0, 0.1) is 11.8 Å². The lowest BCUT2D eigenvalue weighted by Gasteiger charge is -2.38. The normalized spacial score (nSPS) is 21.4. The third-order valence-corrected chi connectivity index (χ3v) is 6.68. The first-order valence-electron chi connectivity index (χ1n) is 12.1. The number of methoxy groups -OCH3 is 1. The molecule has 2 aromatic carbocycles. The van der Waals surface area contributed by atoms with E-state index >= 15 is 0 Å². The molecule has 7 nitrogen and oxygen atoms in total. The van der Waals surface area contributed by atoms with Crippen molar-refractivity contribution >= 4 is 17.7 Å². The van der Waals surface area contributed by atoms with E-state index in [9.17, 15) is 14.4 Å². The Morgan fingerprint density at radius 3 is 2.53 bits per heavy atom. The van der Waals surface area contributed by atoms with Gasteiger partial charge >= 0.3 is 11.9 Å². The van der Waals surface area contributed by atoms with Crippen molar-refractivity contribution in [1.82, 2.24) is 5.32 Å². The molecule has 3 atom stereocenters. The summed E-state index contributed by atoms with van der Waals surface area (Å²) in [6.45, 7) is 5.98. The van der Waals surface area contributed by atoms with Gasteiger partial charge in [0.15, 0.2) is 5.78 Å². The summed E-state index contributed by atoms with van der Waals surface area (Å²) in [5.41, 5.74) is 3.83. The smallest absolute Gasteiger partial charge is 0.336 e. The number of allylic oxidation sites excluding steroid dienone is 3. The van der Waals surface area contributed by atoms with Gasteiger partial charge in [-0.2, -0.15) is 0 Å². The summed E-state index contributed by atoms with van der Waals surface area (Å²) in [5, 5.41) is 3.26. The maximum absolute atomic E-state index is 13.8. The predicted octanol–water partition coefficient (Wildman–Crippen LogP) is 4.44.